The van der Waals surface area contributed by atoms with Gasteiger partial charge >= 0.3 is 11.9 Å². The number of rotatable bonds is 16. The van der Waals surface area contributed by atoms with Crippen molar-refractivity contribution in [2.45, 2.75) is 84.0 Å². The maximum absolute atomic E-state index is 11.9. The molecule has 0 unspecified atom stereocenters. The fraction of sp³-hybridized carbons (Fsp3) is 0.520. The summed E-state index contributed by atoms with van der Waals surface area (Å²) in [5.41, 5.74) is 0.0147. The summed E-state index contributed by atoms with van der Waals surface area (Å²) in [7, 11) is 0. The summed E-state index contributed by atoms with van der Waals surface area (Å²) >= 11 is 0. The predicted molar refractivity (Wildman–Crippen MR) is 118 cm³/mol. The SMILES string of the molecule is CCCCC/C=C\C/C=C/CCCCCCCC(=O)Oc1ccccc1C(=O)O. The van der Waals surface area contributed by atoms with E-state index >= 15 is 0 Å². The Morgan fingerprint density at radius 3 is 2.17 bits per heavy atom. The molecule has 0 heterocycles. The number of para-hydroxylation sites is 1. The molecular weight excluding hydrogens is 364 g/mol. The minimum Gasteiger partial charge on any atom is -0.478 e. The van der Waals surface area contributed by atoms with Crippen LogP contribution in [0, 0.1) is 0 Å². The van der Waals surface area contributed by atoms with Crippen LogP contribution in [0.1, 0.15) is 94.3 Å². The lowest BCUT2D eigenvalue weighted by molar-refractivity contribution is -0.134. The van der Waals surface area contributed by atoms with Crippen LogP contribution in [0.15, 0.2) is 48.6 Å². The molecule has 160 valence electrons. The summed E-state index contributed by atoms with van der Waals surface area (Å²) in [6, 6.07) is 6.22. The van der Waals surface area contributed by atoms with Gasteiger partial charge in [-0.15, -0.1) is 0 Å². The summed E-state index contributed by atoms with van der Waals surface area (Å²) in [6.45, 7) is 2.23. The quantitative estimate of drug-likeness (QED) is 0.139. The summed E-state index contributed by atoms with van der Waals surface area (Å²) in [5.74, 6) is -1.34. The van der Waals surface area contributed by atoms with Crippen LogP contribution >= 0.6 is 0 Å². The molecule has 0 fully saturated rings. The smallest absolute Gasteiger partial charge is 0.339 e. The first-order valence-corrected chi connectivity index (χ1v) is 11.0. The first kappa shape index (κ1) is 24.7. The van der Waals surface area contributed by atoms with E-state index in [0.29, 0.717) is 6.42 Å². The molecule has 0 atom stereocenters. The number of unbranched alkanes of at least 4 members (excludes halogenated alkanes) is 8. The van der Waals surface area contributed by atoms with Gasteiger partial charge in [-0.25, -0.2) is 4.79 Å². The number of aromatic carboxylic acids is 1. The van der Waals surface area contributed by atoms with Crippen molar-refractivity contribution in [3.05, 3.63) is 54.1 Å². The van der Waals surface area contributed by atoms with Gasteiger partial charge in [0.25, 0.3) is 0 Å². The van der Waals surface area contributed by atoms with Crippen LogP contribution < -0.4 is 4.74 Å². The van der Waals surface area contributed by atoms with Crippen LogP contribution in [0.5, 0.6) is 5.75 Å². The van der Waals surface area contributed by atoms with Crippen molar-refractivity contribution >= 4 is 11.9 Å². The second-order valence-electron chi connectivity index (χ2n) is 7.26. The van der Waals surface area contributed by atoms with Gasteiger partial charge in [-0.1, -0.05) is 75.5 Å². The zero-order chi connectivity index (χ0) is 21.2. The number of hydrogen-bond acceptors (Lipinski definition) is 3. The van der Waals surface area contributed by atoms with E-state index in [9.17, 15) is 9.59 Å². The van der Waals surface area contributed by atoms with Gasteiger partial charge in [-0.2, -0.15) is 0 Å². The maximum Gasteiger partial charge on any atom is 0.339 e. The highest BCUT2D eigenvalue weighted by Gasteiger charge is 2.13. The molecule has 0 bridgehead atoms. The summed E-state index contributed by atoms with van der Waals surface area (Å²) in [4.78, 5) is 23.0. The molecule has 1 aromatic rings. The minimum absolute atomic E-state index is 0.0147. The molecule has 0 aromatic heterocycles. The second-order valence-corrected chi connectivity index (χ2v) is 7.26. The monoisotopic (exact) mass is 400 g/mol. The van der Waals surface area contributed by atoms with Crippen LogP contribution in [0.4, 0.5) is 0 Å². The number of benzene rings is 1. The van der Waals surface area contributed by atoms with Gasteiger partial charge in [-0.05, 0) is 50.7 Å². The molecule has 0 radical (unpaired) electrons. The number of allylic oxidation sites excluding steroid dienone is 4. The number of carbonyl (C=O) groups excluding carboxylic acids is 1. The van der Waals surface area contributed by atoms with Crippen molar-refractivity contribution < 1.29 is 19.4 Å². The highest BCUT2D eigenvalue weighted by atomic mass is 16.5. The van der Waals surface area contributed by atoms with E-state index in [1.165, 1.54) is 44.2 Å². The lowest BCUT2D eigenvalue weighted by Crippen LogP contribution is -2.10. The van der Waals surface area contributed by atoms with Crippen LogP contribution in [-0.4, -0.2) is 17.0 Å². The molecule has 1 aromatic carbocycles. The second kappa shape index (κ2) is 16.6. The molecule has 29 heavy (non-hydrogen) atoms. The molecule has 0 saturated heterocycles. The Morgan fingerprint density at radius 1 is 0.862 bits per heavy atom. The fourth-order valence-electron chi connectivity index (χ4n) is 2.99. The van der Waals surface area contributed by atoms with Crippen molar-refractivity contribution in [1.29, 1.82) is 0 Å². The van der Waals surface area contributed by atoms with E-state index in [2.05, 4.69) is 31.2 Å². The number of carbonyl (C=O) groups is 2. The summed E-state index contributed by atoms with van der Waals surface area (Å²) in [6.07, 6.45) is 21.8. The Labute approximate surface area is 175 Å². The van der Waals surface area contributed by atoms with Crippen molar-refractivity contribution in [3.63, 3.8) is 0 Å². The molecular formula is C25H36O4. The first-order chi connectivity index (χ1) is 14.1. The normalized spacial score (nSPS) is 11.3. The largest absolute Gasteiger partial charge is 0.478 e. The molecule has 1 rings (SSSR count). The van der Waals surface area contributed by atoms with Crippen molar-refractivity contribution in [2.24, 2.45) is 0 Å². The van der Waals surface area contributed by atoms with Gasteiger partial charge in [0, 0.05) is 6.42 Å². The van der Waals surface area contributed by atoms with E-state index in [1.54, 1.807) is 12.1 Å². The van der Waals surface area contributed by atoms with Crippen molar-refractivity contribution in [1.82, 2.24) is 0 Å². The highest BCUT2D eigenvalue weighted by Crippen LogP contribution is 2.19. The minimum atomic E-state index is -1.09. The zero-order valence-electron chi connectivity index (χ0n) is 17.8. The van der Waals surface area contributed by atoms with Gasteiger partial charge < -0.3 is 9.84 Å². The van der Waals surface area contributed by atoms with Crippen molar-refractivity contribution in [3.8, 4) is 5.75 Å². The average Bonchev–Trinajstić information content (AvgIpc) is 2.71. The first-order valence-electron chi connectivity index (χ1n) is 11.0. The summed E-state index contributed by atoms with van der Waals surface area (Å²) in [5, 5.41) is 9.10. The van der Waals surface area contributed by atoms with Gasteiger partial charge in [0.05, 0.1) is 0 Å². The molecule has 0 amide bonds. The maximum atomic E-state index is 11.9. The topological polar surface area (TPSA) is 63.6 Å². The molecule has 4 heteroatoms. The van der Waals surface area contributed by atoms with Gasteiger partial charge in [0.2, 0.25) is 0 Å². The molecule has 0 aliphatic heterocycles. The van der Waals surface area contributed by atoms with Gasteiger partial charge in [-0.3, -0.25) is 4.79 Å². The van der Waals surface area contributed by atoms with E-state index < -0.39 is 5.97 Å². The lowest BCUT2D eigenvalue weighted by atomic mass is 10.1. The predicted octanol–water partition coefficient (Wildman–Crippen LogP) is 7.10. The summed E-state index contributed by atoms with van der Waals surface area (Å²) < 4.78 is 5.19. The highest BCUT2D eigenvalue weighted by molar-refractivity contribution is 5.91. The van der Waals surface area contributed by atoms with Crippen molar-refractivity contribution in [2.75, 3.05) is 0 Å². The van der Waals surface area contributed by atoms with E-state index in [0.717, 1.165) is 38.5 Å². The number of hydrogen-bond donors (Lipinski definition) is 1. The van der Waals surface area contributed by atoms with Gasteiger partial charge in [0.15, 0.2) is 0 Å². The number of ether oxygens (including phenoxy) is 1. The number of carboxylic acid groups (broad SMARTS) is 1. The molecule has 0 aliphatic rings. The molecule has 4 nitrogen and oxygen atoms in total. The lowest BCUT2D eigenvalue weighted by Gasteiger charge is -2.07. The Hall–Kier alpha value is -2.36. The van der Waals surface area contributed by atoms with E-state index in [4.69, 9.17) is 9.84 Å². The zero-order valence-corrected chi connectivity index (χ0v) is 17.8. The van der Waals surface area contributed by atoms with Crippen LogP contribution in [0.25, 0.3) is 0 Å². The third-order valence-corrected chi connectivity index (χ3v) is 4.67. The Kier molecular flexibility index (Phi) is 14.1. The average molecular weight is 401 g/mol. The molecule has 0 saturated carbocycles. The van der Waals surface area contributed by atoms with Crippen LogP contribution in [0.3, 0.4) is 0 Å². The van der Waals surface area contributed by atoms with E-state index in [-0.39, 0.29) is 17.3 Å². The Morgan fingerprint density at radius 2 is 1.48 bits per heavy atom. The number of carboxylic acids is 1. The van der Waals surface area contributed by atoms with Crippen LogP contribution in [0.2, 0.25) is 0 Å². The third kappa shape index (κ3) is 12.7. The van der Waals surface area contributed by atoms with Crippen LogP contribution in [-0.2, 0) is 4.79 Å². The Balaban J connectivity index is 2.01. The third-order valence-electron chi connectivity index (χ3n) is 4.67. The van der Waals surface area contributed by atoms with Gasteiger partial charge in [0.1, 0.15) is 11.3 Å². The molecule has 0 spiro atoms. The fourth-order valence-corrected chi connectivity index (χ4v) is 2.99. The standard InChI is InChI=1S/C25H36O4/c1-2-3-4-5-6-7-8-9-10-11-12-13-14-15-16-21-24(26)29-23-20-18-17-19-22(23)25(27)28/h6-7,9-10,17-20H,2-5,8,11-16,21H2,1H3,(H,27,28)/b7-6-,10-9+. The van der Waals surface area contributed by atoms with E-state index in [1.807, 2.05) is 0 Å². The number of esters is 1. The molecule has 0 aliphatic carbocycles. The molecule has 1 N–H and O–H groups in total. The Bertz CT molecular complexity index is 646.